The Morgan fingerprint density at radius 1 is 1.41 bits per heavy atom. The van der Waals surface area contributed by atoms with Crippen LogP contribution in [-0.2, 0) is 13.5 Å². The Kier molecular flexibility index (Phi) is 3.33. The van der Waals surface area contributed by atoms with E-state index < -0.39 is 0 Å². The maximum atomic E-state index is 5.36. The predicted molar refractivity (Wildman–Crippen MR) is 66.9 cm³/mol. The lowest BCUT2D eigenvalue weighted by atomic mass is 10.0. The fourth-order valence-corrected chi connectivity index (χ4v) is 2.10. The molecule has 17 heavy (non-hydrogen) atoms. The minimum Gasteiger partial charge on any atom is -0.469 e. The number of aromatic nitrogens is 2. The lowest BCUT2D eigenvalue weighted by Gasteiger charge is -2.14. The van der Waals surface area contributed by atoms with E-state index in [1.165, 1.54) is 11.3 Å². The summed E-state index contributed by atoms with van der Waals surface area (Å²) >= 11 is 0. The highest BCUT2D eigenvalue weighted by Crippen LogP contribution is 2.20. The molecule has 0 aliphatic heterocycles. The van der Waals surface area contributed by atoms with Crippen LogP contribution in [0, 0.1) is 13.8 Å². The Morgan fingerprint density at radius 3 is 2.65 bits per heavy atom. The summed E-state index contributed by atoms with van der Waals surface area (Å²) in [6.45, 7) is 3.98. The average molecular weight is 233 g/mol. The van der Waals surface area contributed by atoms with Gasteiger partial charge in [0.1, 0.15) is 5.76 Å². The molecule has 2 aromatic heterocycles. The third kappa shape index (κ3) is 2.58. The molecule has 4 nitrogen and oxygen atoms in total. The van der Waals surface area contributed by atoms with Crippen LogP contribution >= 0.6 is 0 Å². The number of likely N-dealkylation sites (N-methyl/N-ethyl adjacent to an activating group) is 1. The molecule has 4 heteroatoms. The summed E-state index contributed by atoms with van der Waals surface area (Å²) in [5, 5.41) is 7.68. The molecule has 0 aliphatic rings. The third-order valence-electron chi connectivity index (χ3n) is 3.01. The Balaban J connectivity index is 2.18. The van der Waals surface area contributed by atoms with Crippen molar-refractivity contribution in [2.24, 2.45) is 7.05 Å². The summed E-state index contributed by atoms with van der Waals surface area (Å²) in [4.78, 5) is 0. The zero-order chi connectivity index (χ0) is 12.4. The van der Waals surface area contributed by atoms with Gasteiger partial charge in [0.2, 0.25) is 0 Å². The monoisotopic (exact) mass is 233 g/mol. The van der Waals surface area contributed by atoms with Crippen LogP contribution in [0.1, 0.15) is 28.8 Å². The predicted octanol–water partition coefficient (Wildman–Crippen LogP) is 2.13. The molecule has 92 valence electrons. The van der Waals surface area contributed by atoms with Crippen LogP contribution < -0.4 is 5.32 Å². The molecule has 0 amide bonds. The molecule has 0 bridgehead atoms. The van der Waals surface area contributed by atoms with Gasteiger partial charge in [-0.2, -0.15) is 5.10 Å². The topological polar surface area (TPSA) is 43.0 Å². The van der Waals surface area contributed by atoms with E-state index in [9.17, 15) is 0 Å². The number of rotatable bonds is 4. The first-order valence-corrected chi connectivity index (χ1v) is 5.82. The van der Waals surface area contributed by atoms with Crippen molar-refractivity contribution < 1.29 is 4.42 Å². The van der Waals surface area contributed by atoms with E-state index in [2.05, 4.69) is 22.5 Å². The van der Waals surface area contributed by atoms with Gasteiger partial charge in [0, 0.05) is 30.8 Å². The van der Waals surface area contributed by atoms with Gasteiger partial charge < -0.3 is 9.73 Å². The molecule has 0 saturated carbocycles. The molecule has 0 saturated heterocycles. The van der Waals surface area contributed by atoms with Crippen molar-refractivity contribution in [1.29, 1.82) is 0 Å². The maximum absolute atomic E-state index is 5.36. The fourth-order valence-electron chi connectivity index (χ4n) is 2.10. The average Bonchev–Trinajstić information content (AvgIpc) is 2.82. The normalized spacial score (nSPS) is 12.9. The SMILES string of the molecule is CNC(Cc1cc(C)nn1C)c1coc(C)c1. The van der Waals surface area contributed by atoms with Gasteiger partial charge >= 0.3 is 0 Å². The number of nitrogens with zero attached hydrogens (tertiary/aromatic N) is 2. The van der Waals surface area contributed by atoms with Crippen LogP contribution in [0.2, 0.25) is 0 Å². The van der Waals surface area contributed by atoms with E-state index >= 15 is 0 Å². The highest BCUT2D eigenvalue weighted by molar-refractivity contribution is 5.20. The molecule has 0 radical (unpaired) electrons. The highest BCUT2D eigenvalue weighted by atomic mass is 16.3. The molecule has 1 unspecified atom stereocenters. The Bertz CT molecular complexity index is 498. The molecule has 0 aromatic carbocycles. The molecular weight excluding hydrogens is 214 g/mol. The first kappa shape index (κ1) is 11.9. The molecule has 0 aliphatic carbocycles. The molecule has 1 N–H and O–H groups in total. The summed E-state index contributed by atoms with van der Waals surface area (Å²) in [7, 11) is 3.95. The van der Waals surface area contributed by atoms with Crippen LogP contribution in [0.25, 0.3) is 0 Å². The molecule has 0 spiro atoms. The van der Waals surface area contributed by atoms with Crippen molar-refractivity contribution in [2.45, 2.75) is 26.3 Å². The molecule has 1 atom stereocenters. The van der Waals surface area contributed by atoms with Gasteiger partial charge in [-0.1, -0.05) is 0 Å². The van der Waals surface area contributed by atoms with Crippen LogP contribution in [-0.4, -0.2) is 16.8 Å². The Morgan fingerprint density at radius 2 is 2.18 bits per heavy atom. The summed E-state index contributed by atoms with van der Waals surface area (Å²) in [6.07, 6.45) is 2.73. The van der Waals surface area contributed by atoms with Crippen molar-refractivity contribution >= 4 is 0 Å². The molecular formula is C13H19N3O. The van der Waals surface area contributed by atoms with Crippen molar-refractivity contribution in [1.82, 2.24) is 15.1 Å². The van der Waals surface area contributed by atoms with E-state index in [4.69, 9.17) is 4.42 Å². The molecule has 2 aromatic rings. The number of aryl methyl sites for hydroxylation is 3. The minimum absolute atomic E-state index is 0.266. The molecule has 2 heterocycles. The van der Waals surface area contributed by atoms with E-state index in [1.54, 1.807) is 0 Å². The van der Waals surface area contributed by atoms with E-state index in [0.29, 0.717) is 0 Å². The summed E-state index contributed by atoms with van der Waals surface area (Å²) < 4.78 is 7.30. The van der Waals surface area contributed by atoms with Gasteiger partial charge in [-0.3, -0.25) is 4.68 Å². The van der Waals surface area contributed by atoms with Crippen LogP contribution in [0.15, 0.2) is 22.8 Å². The van der Waals surface area contributed by atoms with E-state index in [-0.39, 0.29) is 6.04 Å². The van der Waals surface area contributed by atoms with Gasteiger partial charge in [0.25, 0.3) is 0 Å². The second-order valence-corrected chi connectivity index (χ2v) is 4.44. The van der Waals surface area contributed by atoms with Crippen molar-refractivity contribution in [3.63, 3.8) is 0 Å². The van der Waals surface area contributed by atoms with Crippen molar-refractivity contribution in [3.8, 4) is 0 Å². The van der Waals surface area contributed by atoms with Crippen molar-refractivity contribution in [2.75, 3.05) is 7.05 Å². The van der Waals surface area contributed by atoms with Crippen LogP contribution in [0.3, 0.4) is 0 Å². The quantitative estimate of drug-likeness (QED) is 0.879. The smallest absolute Gasteiger partial charge is 0.101 e. The Labute approximate surface area is 102 Å². The van der Waals surface area contributed by atoms with E-state index in [1.807, 2.05) is 38.9 Å². The minimum atomic E-state index is 0.266. The van der Waals surface area contributed by atoms with Gasteiger partial charge in [0.15, 0.2) is 0 Å². The lowest BCUT2D eigenvalue weighted by Crippen LogP contribution is -2.19. The van der Waals surface area contributed by atoms with Crippen molar-refractivity contribution in [3.05, 3.63) is 41.1 Å². The zero-order valence-electron chi connectivity index (χ0n) is 10.8. The van der Waals surface area contributed by atoms with Crippen LogP contribution in [0.4, 0.5) is 0 Å². The van der Waals surface area contributed by atoms with Gasteiger partial charge in [-0.15, -0.1) is 0 Å². The van der Waals surface area contributed by atoms with Gasteiger partial charge in [-0.25, -0.2) is 0 Å². The number of nitrogens with one attached hydrogen (secondary N) is 1. The molecule has 2 rings (SSSR count). The first-order valence-electron chi connectivity index (χ1n) is 5.82. The lowest BCUT2D eigenvalue weighted by molar-refractivity contribution is 0.515. The first-order chi connectivity index (χ1) is 8.10. The Hall–Kier alpha value is -1.55. The maximum Gasteiger partial charge on any atom is 0.101 e. The zero-order valence-corrected chi connectivity index (χ0v) is 10.8. The second-order valence-electron chi connectivity index (χ2n) is 4.44. The van der Waals surface area contributed by atoms with Gasteiger partial charge in [0.05, 0.1) is 12.0 Å². The third-order valence-corrected chi connectivity index (χ3v) is 3.01. The van der Waals surface area contributed by atoms with Gasteiger partial charge in [-0.05, 0) is 33.0 Å². The number of furan rings is 1. The standard InChI is InChI=1S/C13H19N3O/c1-9-5-12(16(4)15-9)7-13(14-3)11-6-10(2)17-8-11/h5-6,8,13-14H,7H2,1-4H3. The highest BCUT2D eigenvalue weighted by Gasteiger charge is 2.14. The molecule has 0 fully saturated rings. The second kappa shape index (κ2) is 4.75. The largest absolute Gasteiger partial charge is 0.469 e. The number of hydrogen-bond donors (Lipinski definition) is 1. The van der Waals surface area contributed by atoms with Crippen LogP contribution in [0.5, 0.6) is 0 Å². The summed E-state index contributed by atoms with van der Waals surface area (Å²) in [6, 6.07) is 4.46. The summed E-state index contributed by atoms with van der Waals surface area (Å²) in [5.74, 6) is 0.946. The summed E-state index contributed by atoms with van der Waals surface area (Å²) in [5.41, 5.74) is 3.46. The number of hydrogen-bond acceptors (Lipinski definition) is 3. The van der Waals surface area contributed by atoms with E-state index in [0.717, 1.165) is 17.9 Å². The fraction of sp³-hybridized carbons (Fsp3) is 0.462.